The van der Waals surface area contributed by atoms with Crippen LogP contribution in [0.4, 0.5) is 0 Å². The van der Waals surface area contributed by atoms with Crippen LogP contribution >= 0.6 is 0 Å². The summed E-state index contributed by atoms with van der Waals surface area (Å²) in [5.74, 6) is -0.936. The van der Waals surface area contributed by atoms with Crippen LogP contribution in [-0.2, 0) is 6.42 Å². The lowest BCUT2D eigenvalue weighted by Gasteiger charge is -2.14. The van der Waals surface area contributed by atoms with Gasteiger partial charge in [0.15, 0.2) is 0 Å². The smallest absolute Gasteiger partial charge is 0.336 e. The first-order valence-corrected chi connectivity index (χ1v) is 5.80. The fraction of sp³-hybridized carbons (Fsp3) is 0.133. The average Bonchev–Trinajstić information content (AvgIpc) is 2.40. The predicted octanol–water partition coefficient (Wildman–Crippen LogP) is 2.63. The summed E-state index contributed by atoms with van der Waals surface area (Å²) in [6.07, 6.45) is 0.630. The van der Waals surface area contributed by atoms with Gasteiger partial charge >= 0.3 is 5.97 Å². The maximum Gasteiger partial charge on any atom is 0.336 e. The van der Waals surface area contributed by atoms with Gasteiger partial charge in [-0.2, -0.15) is 0 Å². The lowest BCUT2D eigenvalue weighted by molar-refractivity contribution is 0.0695. The Morgan fingerprint density at radius 2 is 1.67 bits per heavy atom. The fourth-order valence-electron chi connectivity index (χ4n) is 1.99. The van der Waals surface area contributed by atoms with Crippen molar-refractivity contribution in [1.29, 1.82) is 0 Å². The number of carboxylic acids is 1. The van der Waals surface area contributed by atoms with Gasteiger partial charge in [0.2, 0.25) is 0 Å². The molecular weight excluding hydrogens is 226 g/mol. The molecule has 0 aliphatic rings. The van der Waals surface area contributed by atoms with Crippen LogP contribution in [0, 0.1) is 0 Å². The summed E-state index contributed by atoms with van der Waals surface area (Å²) in [5, 5.41) is 9.13. The Kier molecular flexibility index (Phi) is 3.75. The zero-order chi connectivity index (χ0) is 13.0. The van der Waals surface area contributed by atoms with Gasteiger partial charge < -0.3 is 10.8 Å². The summed E-state index contributed by atoms with van der Waals surface area (Å²) >= 11 is 0. The molecule has 0 saturated carbocycles. The summed E-state index contributed by atoms with van der Waals surface area (Å²) in [6.45, 7) is 0. The molecule has 0 aliphatic heterocycles. The highest BCUT2D eigenvalue weighted by atomic mass is 16.4. The van der Waals surface area contributed by atoms with Crippen molar-refractivity contribution in [2.75, 3.05) is 0 Å². The van der Waals surface area contributed by atoms with Crippen molar-refractivity contribution in [2.45, 2.75) is 12.5 Å². The van der Waals surface area contributed by atoms with Crippen molar-refractivity contribution in [3.8, 4) is 0 Å². The maximum atomic E-state index is 11.1. The van der Waals surface area contributed by atoms with E-state index in [0.29, 0.717) is 12.0 Å². The van der Waals surface area contributed by atoms with Crippen molar-refractivity contribution < 1.29 is 9.90 Å². The van der Waals surface area contributed by atoms with Gasteiger partial charge in [0.05, 0.1) is 5.56 Å². The molecule has 1 unspecified atom stereocenters. The molecule has 18 heavy (non-hydrogen) atoms. The molecule has 0 amide bonds. The van der Waals surface area contributed by atoms with Crippen LogP contribution in [0.5, 0.6) is 0 Å². The lowest BCUT2D eigenvalue weighted by atomic mass is 9.95. The molecule has 0 saturated heterocycles. The first-order valence-electron chi connectivity index (χ1n) is 5.80. The number of hydrogen-bond acceptors (Lipinski definition) is 2. The van der Waals surface area contributed by atoms with E-state index in [1.54, 1.807) is 18.2 Å². The SMILES string of the molecule is NC(Cc1ccccc1)c1ccccc1C(=O)O. The molecular formula is C15H15NO2. The summed E-state index contributed by atoms with van der Waals surface area (Å²) in [6, 6.07) is 16.4. The molecule has 3 nitrogen and oxygen atoms in total. The number of hydrogen-bond donors (Lipinski definition) is 2. The molecule has 0 heterocycles. The first kappa shape index (κ1) is 12.3. The second-order valence-electron chi connectivity index (χ2n) is 4.19. The van der Waals surface area contributed by atoms with Gasteiger partial charge in [-0.3, -0.25) is 0 Å². The quantitative estimate of drug-likeness (QED) is 0.864. The maximum absolute atomic E-state index is 11.1. The van der Waals surface area contributed by atoms with E-state index in [0.717, 1.165) is 5.56 Å². The van der Waals surface area contributed by atoms with E-state index in [2.05, 4.69) is 0 Å². The molecule has 0 bridgehead atoms. The molecule has 3 N–H and O–H groups in total. The van der Waals surface area contributed by atoms with Gasteiger partial charge in [0, 0.05) is 6.04 Å². The largest absolute Gasteiger partial charge is 0.478 e. The summed E-state index contributed by atoms with van der Waals surface area (Å²) in [5.41, 5.74) is 8.16. The van der Waals surface area contributed by atoms with Gasteiger partial charge in [-0.05, 0) is 23.6 Å². The molecule has 2 aromatic rings. The standard InChI is InChI=1S/C15H15NO2/c16-14(10-11-6-2-1-3-7-11)12-8-4-5-9-13(12)15(17)18/h1-9,14H,10,16H2,(H,17,18). The molecule has 1 atom stereocenters. The molecule has 2 rings (SSSR count). The van der Waals surface area contributed by atoms with Gasteiger partial charge in [-0.15, -0.1) is 0 Å². The van der Waals surface area contributed by atoms with E-state index in [4.69, 9.17) is 10.8 Å². The van der Waals surface area contributed by atoms with Gasteiger partial charge in [0.25, 0.3) is 0 Å². The third-order valence-corrected chi connectivity index (χ3v) is 2.89. The lowest BCUT2D eigenvalue weighted by Crippen LogP contribution is -2.17. The second-order valence-corrected chi connectivity index (χ2v) is 4.19. The molecule has 3 heteroatoms. The Hall–Kier alpha value is -2.13. The Balaban J connectivity index is 2.24. The van der Waals surface area contributed by atoms with Crippen molar-refractivity contribution >= 4 is 5.97 Å². The number of nitrogens with two attached hydrogens (primary N) is 1. The number of rotatable bonds is 4. The molecule has 0 aromatic heterocycles. The number of benzene rings is 2. The van der Waals surface area contributed by atoms with E-state index in [1.165, 1.54) is 0 Å². The second kappa shape index (κ2) is 5.47. The Bertz CT molecular complexity index is 537. The van der Waals surface area contributed by atoms with Crippen LogP contribution in [-0.4, -0.2) is 11.1 Å². The summed E-state index contributed by atoms with van der Waals surface area (Å²) < 4.78 is 0. The predicted molar refractivity (Wildman–Crippen MR) is 70.5 cm³/mol. The van der Waals surface area contributed by atoms with Crippen LogP contribution in [0.3, 0.4) is 0 Å². The Labute approximate surface area is 106 Å². The zero-order valence-corrected chi connectivity index (χ0v) is 9.91. The van der Waals surface area contributed by atoms with Crippen LogP contribution in [0.15, 0.2) is 54.6 Å². The highest BCUT2D eigenvalue weighted by Gasteiger charge is 2.15. The van der Waals surface area contributed by atoms with Crippen molar-refractivity contribution in [2.24, 2.45) is 5.73 Å². The normalized spacial score (nSPS) is 12.1. The van der Waals surface area contributed by atoms with E-state index < -0.39 is 5.97 Å². The van der Waals surface area contributed by atoms with Crippen LogP contribution in [0.2, 0.25) is 0 Å². The van der Waals surface area contributed by atoms with Crippen LogP contribution in [0.1, 0.15) is 27.5 Å². The summed E-state index contributed by atoms with van der Waals surface area (Å²) in [4.78, 5) is 11.1. The van der Waals surface area contributed by atoms with Crippen molar-refractivity contribution in [3.05, 3.63) is 71.3 Å². The third-order valence-electron chi connectivity index (χ3n) is 2.89. The minimum atomic E-state index is -0.936. The van der Waals surface area contributed by atoms with Gasteiger partial charge in [-0.1, -0.05) is 48.5 Å². The Morgan fingerprint density at radius 1 is 1.06 bits per heavy atom. The fourth-order valence-corrected chi connectivity index (χ4v) is 1.99. The topological polar surface area (TPSA) is 63.3 Å². The van der Waals surface area contributed by atoms with Gasteiger partial charge in [-0.25, -0.2) is 4.79 Å². The monoisotopic (exact) mass is 241 g/mol. The Morgan fingerprint density at radius 3 is 2.33 bits per heavy atom. The van der Waals surface area contributed by atoms with E-state index in [-0.39, 0.29) is 11.6 Å². The van der Waals surface area contributed by atoms with Crippen molar-refractivity contribution in [3.63, 3.8) is 0 Å². The van der Waals surface area contributed by atoms with E-state index in [9.17, 15) is 4.79 Å². The highest BCUT2D eigenvalue weighted by Crippen LogP contribution is 2.20. The van der Waals surface area contributed by atoms with Gasteiger partial charge in [0.1, 0.15) is 0 Å². The number of carboxylic acid groups (broad SMARTS) is 1. The average molecular weight is 241 g/mol. The summed E-state index contributed by atoms with van der Waals surface area (Å²) in [7, 11) is 0. The molecule has 0 radical (unpaired) electrons. The number of aromatic carboxylic acids is 1. The zero-order valence-electron chi connectivity index (χ0n) is 9.91. The third kappa shape index (κ3) is 2.76. The molecule has 0 aliphatic carbocycles. The van der Waals surface area contributed by atoms with E-state index in [1.807, 2.05) is 36.4 Å². The molecule has 0 spiro atoms. The van der Waals surface area contributed by atoms with E-state index >= 15 is 0 Å². The minimum absolute atomic E-state index is 0.279. The van der Waals surface area contributed by atoms with Crippen molar-refractivity contribution in [1.82, 2.24) is 0 Å². The molecule has 0 fully saturated rings. The first-order chi connectivity index (χ1) is 8.68. The van der Waals surface area contributed by atoms with Crippen LogP contribution < -0.4 is 5.73 Å². The minimum Gasteiger partial charge on any atom is -0.478 e. The molecule has 92 valence electrons. The number of carbonyl (C=O) groups is 1. The molecule has 2 aromatic carbocycles. The highest BCUT2D eigenvalue weighted by molar-refractivity contribution is 5.89. The van der Waals surface area contributed by atoms with Crippen LogP contribution in [0.25, 0.3) is 0 Å².